The number of anilines is 1. The van der Waals surface area contributed by atoms with Crippen LogP contribution in [0.4, 0.5) is 9.39 Å². The molecule has 1 aromatic carbocycles. The summed E-state index contributed by atoms with van der Waals surface area (Å²) < 4.78 is 14.6. The first-order chi connectivity index (χ1) is 15.9. The van der Waals surface area contributed by atoms with Gasteiger partial charge < -0.3 is 5.32 Å². The molecule has 5 rings (SSSR count). The summed E-state index contributed by atoms with van der Waals surface area (Å²) in [5, 5.41) is 15.2. The van der Waals surface area contributed by atoms with Crippen LogP contribution in [0.5, 0.6) is 0 Å². The number of hydrogen-bond acceptors (Lipinski definition) is 6. The van der Waals surface area contributed by atoms with Crippen molar-refractivity contribution in [2.45, 2.75) is 32.7 Å². The van der Waals surface area contributed by atoms with Crippen molar-refractivity contribution in [2.75, 3.05) is 5.32 Å². The topological polar surface area (TPSA) is 87.8 Å². The van der Waals surface area contributed by atoms with Crippen molar-refractivity contribution < 1.29 is 9.18 Å². The van der Waals surface area contributed by atoms with Crippen molar-refractivity contribution in [3.8, 4) is 17.2 Å². The fourth-order valence-corrected chi connectivity index (χ4v) is 6.48. The lowest BCUT2D eigenvalue weighted by molar-refractivity contribution is -0.116. The maximum absolute atomic E-state index is 13.3. The summed E-state index contributed by atoms with van der Waals surface area (Å²) in [5.41, 5.74) is 2.61. The number of halogens is 1. The van der Waals surface area contributed by atoms with Gasteiger partial charge in [0.2, 0.25) is 5.91 Å². The Morgan fingerprint density at radius 1 is 1.36 bits per heavy atom. The van der Waals surface area contributed by atoms with Gasteiger partial charge in [0.1, 0.15) is 28.3 Å². The molecule has 1 aliphatic carbocycles. The number of thiophene rings is 2. The second kappa shape index (κ2) is 8.54. The summed E-state index contributed by atoms with van der Waals surface area (Å²) in [5.74, 6) is -0.185. The molecule has 1 aliphatic rings. The van der Waals surface area contributed by atoms with E-state index in [9.17, 15) is 19.2 Å². The van der Waals surface area contributed by atoms with E-state index in [1.54, 1.807) is 12.1 Å². The number of carbonyl (C=O) groups excluding carboxylic acids is 1. The molecule has 0 unspecified atom stereocenters. The van der Waals surface area contributed by atoms with Crippen LogP contribution in [0, 0.1) is 23.1 Å². The summed E-state index contributed by atoms with van der Waals surface area (Å²) in [6.07, 6.45) is 4.15. The van der Waals surface area contributed by atoms with Crippen molar-refractivity contribution in [1.29, 1.82) is 5.26 Å². The lowest BCUT2D eigenvalue weighted by Crippen LogP contribution is -2.27. The molecule has 0 spiro atoms. The highest BCUT2D eigenvalue weighted by Gasteiger charge is 2.25. The molecule has 0 bridgehead atoms. The SMILES string of the molecule is C[C@H]1CCc2c(sc(NC(=O)Cn3cnc4scc(-c5ccc(F)cc5)c4c3=O)c2C#N)C1. The third-order valence-electron chi connectivity index (χ3n) is 5.91. The number of benzene rings is 1. The van der Waals surface area contributed by atoms with Gasteiger partial charge in [0.15, 0.2) is 0 Å². The molecular weight excluding hydrogens is 459 g/mol. The van der Waals surface area contributed by atoms with E-state index in [1.807, 2.05) is 5.38 Å². The first kappa shape index (κ1) is 21.5. The summed E-state index contributed by atoms with van der Waals surface area (Å²) in [7, 11) is 0. The lowest BCUT2D eigenvalue weighted by Gasteiger charge is -2.17. The number of rotatable bonds is 4. The summed E-state index contributed by atoms with van der Waals surface area (Å²) in [4.78, 5) is 32.0. The number of nitriles is 1. The number of amides is 1. The predicted molar refractivity (Wildman–Crippen MR) is 128 cm³/mol. The molecule has 0 aliphatic heterocycles. The first-order valence-electron chi connectivity index (χ1n) is 10.5. The van der Waals surface area contributed by atoms with E-state index in [0.29, 0.717) is 37.8 Å². The fourth-order valence-electron chi connectivity index (χ4n) is 4.20. The number of aromatic nitrogens is 2. The van der Waals surface area contributed by atoms with Crippen LogP contribution in [0.25, 0.3) is 21.3 Å². The van der Waals surface area contributed by atoms with Crippen molar-refractivity contribution in [3.05, 3.63) is 68.1 Å². The number of hydrogen-bond donors (Lipinski definition) is 1. The normalized spacial score (nSPS) is 15.2. The van der Waals surface area contributed by atoms with Gasteiger partial charge >= 0.3 is 0 Å². The van der Waals surface area contributed by atoms with E-state index in [-0.39, 0.29) is 23.8 Å². The molecule has 3 aromatic heterocycles. The van der Waals surface area contributed by atoms with Crippen molar-refractivity contribution in [3.63, 3.8) is 0 Å². The molecule has 1 amide bonds. The van der Waals surface area contributed by atoms with Crippen LogP contribution in [0.2, 0.25) is 0 Å². The van der Waals surface area contributed by atoms with Crippen molar-refractivity contribution >= 4 is 43.8 Å². The van der Waals surface area contributed by atoms with E-state index < -0.39 is 0 Å². The van der Waals surface area contributed by atoms with E-state index in [0.717, 1.165) is 29.7 Å². The molecule has 0 radical (unpaired) electrons. The Morgan fingerprint density at radius 2 is 2.15 bits per heavy atom. The second-order valence-electron chi connectivity index (χ2n) is 8.23. The third kappa shape index (κ3) is 3.96. The molecule has 33 heavy (non-hydrogen) atoms. The van der Waals surface area contributed by atoms with Gasteiger partial charge in [-0.1, -0.05) is 19.1 Å². The standard InChI is InChI=1S/C24H19FN4O2S2/c1-13-2-7-16-17(9-26)22(33-19(16)8-13)28-20(30)10-29-12-27-23-21(24(29)31)18(11-32-23)14-3-5-15(25)6-4-14/h3-6,11-13H,2,7-8,10H2,1H3,(H,28,30)/t13-/m0/s1. The minimum absolute atomic E-state index is 0.218. The zero-order valence-electron chi connectivity index (χ0n) is 17.7. The molecule has 0 saturated heterocycles. The Hall–Kier alpha value is -3.35. The van der Waals surface area contributed by atoms with Crippen LogP contribution < -0.4 is 10.9 Å². The van der Waals surface area contributed by atoms with Gasteiger partial charge in [-0.15, -0.1) is 22.7 Å². The highest BCUT2D eigenvalue weighted by Crippen LogP contribution is 2.39. The molecule has 166 valence electrons. The zero-order valence-corrected chi connectivity index (χ0v) is 19.4. The van der Waals surface area contributed by atoms with E-state index in [4.69, 9.17) is 0 Å². The Bertz CT molecular complexity index is 1480. The molecule has 3 heterocycles. The smallest absolute Gasteiger partial charge is 0.263 e. The monoisotopic (exact) mass is 478 g/mol. The van der Waals surface area contributed by atoms with E-state index >= 15 is 0 Å². The average molecular weight is 479 g/mol. The quantitative estimate of drug-likeness (QED) is 0.449. The Kier molecular flexibility index (Phi) is 5.56. The molecule has 0 fully saturated rings. The number of nitrogens with one attached hydrogen (secondary N) is 1. The maximum Gasteiger partial charge on any atom is 0.263 e. The van der Waals surface area contributed by atoms with Gasteiger partial charge in [0.25, 0.3) is 5.56 Å². The van der Waals surface area contributed by atoms with Gasteiger partial charge in [-0.3, -0.25) is 14.2 Å². The Labute approximate surface area is 197 Å². The number of fused-ring (bicyclic) bond motifs is 2. The van der Waals surface area contributed by atoms with Gasteiger partial charge in [-0.25, -0.2) is 9.37 Å². The summed E-state index contributed by atoms with van der Waals surface area (Å²) >= 11 is 2.78. The average Bonchev–Trinajstić information content (AvgIpc) is 3.37. The van der Waals surface area contributed by atoms with Gasteiger partial charge in [-0.2, -0.15) is 5.26 Å². The Morgan fingerprint density at radius 3 is 2.91 bits per heavy atom. The molecular formula is C24H19FN4O2S2. The molecule has 4 aromatic rings. The minimum atomic E-state index is -0.389. The van der Waals surface area contributed by atoms with Gasteiger partial charge in [0.05, 0.1) is 17.3 Å². The third-order valence-corrected chi connectivity index (χ3v) is 7.96. The van der Waals surface area contributed by atoms with Crippen LogP contribution in [-0.2, 0) is 24.2 Å². The van der Waals surface area contributed by atoms with Crippen LogP contribution in [-0.4, -0.2) is 15.5 Å². The Balaban J connectivity index is 1.43. The molecule has 1 atom stereocenters. The largest absolute Gasteiger partial charge is 0.315 e. The maximum atomic E-state index is 13.3. The molecule has 1 N–H and O–H groups in total. The van der Waals surface area contributed by atoms with Crippen LogP contribution in [0.1, 0.15) is 29.3 Å². The zero-order chi connectivity index (χ0) is 23.1. The highest BCUT2D eigenvalue weighted by atomic mass is 32.1. The second-order valence-corrected chi connectivity index (χ2v) is 10.2. The summed E-state index contributed by atoms with van der Waals surface area (Å²) in [6.45, 7) is 1.97. The van der Waals surface area contributed by atoms with Crippen molar-refractivity contribution in [1.82, 2.24) is 9.55 Å². The van der Waals surface area contributed by atoms with Gasteiger partial charge in [0, 0.05) is 15.8 Å². The fraction of sp³-hybridized carbons (Fsp3) is 0.250. The first-order valence-corrected chi connectivity index (χ1v) is 12.2. The van der Waals surface area contributed by atoms with Crippen LogP contribution in [0.3, 0.4) is 0 Å². The minimum Gasteiger partial charge on any atom is -0.315 e. The molecule has 9 heteroatoms. The van der Waals surface area contributed by atoms with Crippen LogP contribution >= 0.6 is 22.7 Å². The molecule has 6 nitrogen and oxygen atoms in total. The van der Waals surface area contributed by atoms with Gasteiger partial charge in [-0.05, 0) is 48.4 Å². The number of carbonyl (C=O) groups is 1. The summed E-state index contributed by atoms with van der Waals surface area (Å²) in [6, 6.07) is 8.15. The number of nitrogens with zero attached hydrogens (tertiary/aromatic N) is 3. The highest BCUT2D eigenvalue weighted by molar-refractivity contribution is 7.17. The molecule has 0 saturated carbocycles. The predicted octanol–water partition coefficient (Wildman–Crippen LogP) is 4.96. The van der Waals surface area contributed by atoms with Crippen LogP contribution in [0.15, 0.2) is 40.8 Å². The lowest BCUT2D eigenvalue weighted by atomic mass is 9.89. The van der Waals surface area contributed by atoms with E-state index in [2.05, 4.69) is 23.3 Å². The van der Waals surface area contributed by atoms with Crippen molar-refractivity contribution in [2.24, 2.45) is 5.92 Å². The van der Waals surface area contributed by atoms with E-state index in [1.165, 1.54) is 45.7 Å².